The molecule has 1 rings (SSSR count). The Hall–Kier alpha value is -0.420. The van der Waals surface area contributed by atoms with Crippen LogP contribution in [-0.4, -0.2) is 11.6 Å². The third kappa shape index (κ3) is 2.28. The van der Waals surface area contributed by atoms with Gasteiger partial charge in [0.05, 0.1) is 4.47 Å². The Labute approximate surface area is 80.6 Å². The second-order valence-electron chi connectivity index (χ2n) is 1.79. The highest BCUT2D eigenvalue weighted by Crippen LogP contribution is 2.30. The average molecular weight is 258 g/mol. The van der Waals surface area contributed by atoms with E-state index >= 15 is 0 Å². The summed E-state index contributed by atoms with van der Waals surface area (Å²) < 4.78 is 27.8. The maximum Gasteiger partial charge on any atom is 0.387 e. The molecule has 0 spiro atoms. The number of hydrogen-bond acceptors (Lipinski definition) is 2. The summed E-state index contributed by atoms with van der Waals surface area (Å²) >= 11 is 8.47. The summed E-state index contributed by atoms with van der Waals surface area (Å²) in [7, 11) is 0. The van der Waals surface area contributed by atoms with Crippen LogP contribution in [-0.2, 0) is 0 Å². The molecule has 0 unspecified atom stereocenters. The molecule has 0 amide bonds. The van der Waals surface area contributed by atoms with Crippen molar-refractivity contribution >= 4 is 27.5 Å². The first-order chi connectivity index (χ1) is 5.61. The summed E-state index contributed by atoms with van der Waals surface area (Å²) in [6, 6.07) is 1.29. The number of alkyl halides is 2. The predicted octanol–water partition coefficient (Wildman–Crippen LogP) is 3.10. The van der Waals surface area contributed by atoms with Gasteiger partial charge in [0.2, 0.25) is 0 Å². The molecule has 0 aromatic carbocycles. The van der Waals surface area contributed by atoms with Crippen molar-refractivity contribution in [3.63, 3.8) is 0 Å². The lowest BCUT2D eigenvalue weighted by atomic mass is 10.4. The normalized spacial score (nSPS) is 10.4. The summed E-state index contributed by atoms with van der Waals surface area (Å²) in [4.78, 5) is 3.64. The minimum atomic E-state index is -2.86. The second-order valence-corrected chi connectivity index (χ2v) is 2.94. The van der Waals surface area contributed by atoms with Gasteiger partial charge in [-0.2, -0.15) is 8.78 Å². The van der Waals surface area contributed by atoms with Gasteiger partial charge in [-0.05, 0) is 15.9 Å². The molecule has 1 aromatic rings. The first kappa shape index (κ1) is 9.67. The lowest BCUT2D eigenvalue weighted by Crippen LogP contribution is -2.02. The van der Waals surface area contributed by atoms with Crippen LogP contribution in [0, 0.1) is 0 Å². The first-order valence-electron chi connectivity index (χ1n) is 2.86. The van der Waals surface area contributed by atoms with Crippen LogP contribution >= 0.6 is 27.5 Å². The van der Waals surface area contributed by atoms with E-state index < -0.39 is 6.61 Å². The van der Waals surface area contributed by atoms with E-state index in [0.29, 0.717) is 0 Å². The molecule has 66 valence electrons. The van der Waals surface area contributed by atoms with Gasteiger partial charge in [-0.1, -0.05) is 11.6 Å². The van der Waals surface area contributed by atoms with Crippen LogP contribution in [0.5, 0.6) is 5.75 Å². The minimum Gasteiger partial charge on any atom is -0.433 e. The molecule has 1 aromatic heterocycles. The fourth-order valence-electron chi connectivity index (χ4n) is 0.589. The standard InChI is InChI=1S/C6H3BrClF2NO/c7-4-3(12-6(9)10)1-2-11-5(4)8/h1-2,6H. The third-order valence-electron chi connectivity index (χ3n) is 1.03. The molecular weight excluding hydrogens is 255 g/mol. The van der Waals surface area contributed by atoms with Crippen molar-refractivity contribution in [1.29, 1.82) is 0 Å². The summed E-state index contributed by atoms with van der Waals surface area (Å²) in [6.07, 6.45) is 1.28. The van der Waals surface area contributed by atoms with Crippen molar-refractivity contribution in [1.82, 2.24) is 4.98 Å². The van der Waals surface area contributed by atoms with Crippen LogP contribution in [0.15, 0.2) is 16.7 Å². The summed E-state index contributed by atoms with van der Waals surface area (Å²) in [5.74, 6) is -0.0231. The van der Waals surface area contributed by atoms with E-state index in [0.717, 1.165) is 0 Å². The Morgan fingerprint density at radius 2 is 2.25 bits per heavy atom. The number of hydrogen-bond donors (Lipinski definition) is 0. The van der Waals surface area contributed by atoms with Crippen molar-refractivity contribution < 1.29 is 13.5 Å². The quantitative estimate of drug-likeness (QED) is 0.761. The van der Waals surface area contributed by atoms with Crippen LogP contribution in [0.1, 0.15) is 0 Å². The topological polar surface area (TPSA) is 22.1 Å². The van der Waals surface area contributed by atoms with Gasteiger partial charge in [0.1, 0.15) is 10.9 Å². The Balaban J connectivity index is 2.92. The maximum absolute atomic E-state index is 11.7. The Bertz CT molecular complexity index is 284. The van der Waals surface area contributed by atoms with Crippen molar-refractivity contribution in [3.8, 4) is 5.75 Å². The van der Waals surface area contributed by atoms with Crippen LogP contribution in [0.4, 0.5) is 8.78 Å². The van der Waals surface area contributed by atoms with Gasteiger partial charge in [0, 0.05) is 12.3 Å². The summed E-state index contributed by atoms with van der Waals surface area (Å²) in [5, 5.41) is 0.0909. The van der Waals surface area contributed by atoms with E-state index in [1.165, 1.54) is 12.3 Å². The zero-order chi connectivity index (χ0) is 9.14. The highest BCUT2D eigenvalue weighted by Gasteiger charge is 2.10. The average Bonchev–Trinajstić information content (AvgIpc) is 1.98. The smallest absolute Gasteiger partial charge is 0.387 e. The monoisotopic (exact) mass is 257 g/mol. The number of ether oxygens (including phenoxy) is 1. The second kappa shape index (κ2) is 4.00. The molecule has 6 heteroatoms. The van der Waals surface area contributed by atoms with Gasteiger partial charge in [0.15, 0.2) is 0 Å². The molecule has 0 aliphatic heterocycles. The molecule has 0 fully saturated rings. The third-order valence-corrected chi connectivity index (χ3v) is 2.31. The first-order valence-corrected chi connectivity index (χ1v) is 4.03. The fraction of sp³-hybridized carbons (Fsp3) is 0.167. The van der Waals surface area contributed by atoms with Gasteiger partial charge < -0.3 is 4.74 Å². The Morgan fingerprint density at radius 1 is 1.58 bits per heavy atom. The van der Waals surface area contributed by atoms with Crippen molar-refractivity contribution in [2.75, 3.05) is 0 Å². The van der Waals surface area contributed by atoms with E-state index in [9.17, 15) is 8.78 Å². The van der Waals surface area contributed by atoms with Crippen LogP contribution < -0.4 is 4.74 Å². The molecule has 12 heavy (non-hydrogen) atoms. The van der Waals surface area contributed by atoms with Crippen molar-refractivity contribution in [2.45, 2.75) is 6.61 Å². The van der Waals surface area contributed by atoms with Gasteiger partial charge in [-0.3, -0.25) is 0 Å². The van der Waals surface area contributed by atoms with Crippen molar-refractivity contribution in [3.05, 3.63) is 21.9 Å². The SMILES string of the molecule is FC(F)Oc1ccnc(Cl)c1Br. The Morgan fingerprint density at radius 3 is 2.83 bits per heavy atom. The highest BCUT2D eigenvalue weighted by molar-refractivity contribution is 9.10. The van der Waals surface area contributed by atoms with Gasteiger partial charge in [-0.15, -0.1) is 0 Å². The molecule has 2 nitrogen and oxygen atoms in total. The molecule has 0 N–H and O–H groups in total. The van der Waals surface area contributed by atoms with Gasteiger partial charge in [-0.25, -0.2) is 4.98 Å². The van der Waals surface area contributed by atoms with E-state index in [-0.39, 0.29) is 15.4 Å². The lowest BCUT2D eigenvalue weighted by molar-refractivity contribution is -0.0503. The lowest BCUT2D eigenvalue weighted by Gasteiger charge is -2.05. The number of aromatic nitrogens is 1. The van der Waals surface area contributed by atoms with E-state index in [4.69, 9.17) is 11.6 Å². The van der Waals surface area contributed by atoms with Gasteiger partial charge >= 0.3 is 6.61 Å². The van der Waals surface area contributed by atoms with E-state index in [1.54, 1.807) is 0 Å². The molecule has 1 heterocycles. The number of rotatable bonds is 2. The van der Waals surface area contributed by atoms with Crippen LogP contribution in [0.3, 0.4) is 0 Å². The largest absolute Gasteiger partial charge is 0.433 e. The highest BCUT2D eigenvalue weighted by atomic mass is 79.9. The molecule has 0 atom stereocenters. The van der Waals surface area contributed by atoms with E-state index in [1.807, 2.05) is 0 Å². The summed E-state index contributed by atoms with van der Waals surface area (Å²) in [5.41, 5.74) is 0. The molecule has 0 radical (unpaired) electrons. The van der Waals surface area contributed by atoms with E-state index in [2.05, 4.69) is 25.7 Å². The fourth-order valence-corrected chi connectivity index (χ4v) is 1.07. The number of nitrogens with zero attached hydrogens (tertiary/aromatic N) is 1. The molecule has 0 aliphatic carbocycles. The molecular formula is C6H3BrClF2NO. The zero-order valence-corrected chi connectivity index (χ0v) is 7.94. The molecule has 0 saturated carbocycles. The van der Waals surface area contributed by atoms with Gasteiger partial charge in [0.25, 0.3) is 0 Å². The predicted molar refractivity (Wildman–Crippen MR) is 43.6 cm³/mol. The van der Waals surface area contributed by atoms with Crippen molar-refractivity contribution in [2.24, 2.45) is 0 Å². The Kier molecular flexibility index (Phi) is 3.22. The zero-order valence-electron chi connectivity index (χ0n) is 5.60. The molecule has 0 saturated heterocycles. The minimum absolute atomic E-state index is 0.0231. The number of pyridine rings is 1. The summed E-state index contributed by atoms with van der Waals surface area (Å²) in [6.45, 7) is -2.86. The molecule has 0 aliphatic rings. The maximum atomic E-state index is 11.7. The number of halogens is 4. The van der Waals surface area contributed by atoms with Crippen LogP contribution in [0.2, 0.25) is 5.15 Å². The van der Waals surface area contributed by atoms with Crippen LogP contribution in [0.25, 0.3) is 0 Å². The molecule has 0 bridgehead atoms.